The first-order valence-corrected chi connectivity index (χ1v) is 11.4. The molecule has 0 spiro atoms. The first-order valence-electron chi connectivity index (χ1n) is 10.00. The van der Waals surface area contributed by atoms with E-state index in [9.17, 15) is 13.2 Å². The molecule has 8 nitrogen and oxygen atoms in total. The minimum atomic E-state index is -3.51. The van der Waals surface area contributed by atoms with Crippen LogP contribution < -0.4 is 5.32 Å². The fraction of sp³-hybridized carbons (Fsp3) is 0.550. The molecule has 0 saturated carbocycles. The number of sulfonamides is 1. The van der Waals surface area contributed by atoms with Crippen molar-refractivity contribution in [2.75, 3.05) is 19.6 Å². The van der Waals surface area contributed by atoms with Gasteiger partial charge in [0.05, 0.1) is 4.90 Å². The van der Waals surface area contributed by atoms with E-state index in [0.717, 1.165) is 19.3 Å². The zero-order valence-corrected chi connectivity index (χ0v) is 17.9. The van der Waals surface area contributed by atoms with E-state index in [1.165, 1.54) is 4.31 Å². The number of carbonyl (C=O) groups excluding carboxylic acids is 1. The van der Waals surface area contributed by atoms with E-state index in [-0.39, 0.29) is 16.6 Å². The van der Waals surface area contributed by atoms with Crippen LogP contribution in [0.15, 0.2) is 33.7 Å². The maximum atomic E-state index is 12.8. The van der Waals surface area contributed by atoms with Crippen LogP contribution in [0.3, 0.4) is 0 Å². The third-order valence-electron chi connectivity index (χ3n) is 5.12. The summed E-state index contributed by atoms with van der Waals surface area (Å²) in [4.78, 5) is 16.4. The van der Waals surface area contributed by atoms with E-state index in [0.29, 0.717) is 37.0 Å². The van der Waals surface area contributed by atoms with E-state index in [1.54, 1.807) is 24.3 Å². The van der Waals surface area contributed by atoms with Crippen molar-refractivity contribution in [3.05, 3.63) is 30.2 Å². The molecule has 1 aliphatic heterocycles. The van der Waals surface area contributed by atoms with E-state index in [4.69, 9.17) is 4.52 Å². The molecule has 2 aromatic rings. The summed E-state index contributed by atoms with van der Waals surface area (Å²) in [6, 6.07) is 6.35. The number of carbonyl (C=O) groups is 1. The number of nitrogens with one attached hydrogen (secondary N) is 1. The monoisotopic (exact) mass is 420 g/mol. The van der Waals surface area contributed by atoms with Crippen molar-refractivity contribution in [2.24, 2.45) is 11.8 Å². The number of aromatic nitrogens is 2. The van der Waals surface area contributed by atoms with Crippen molar-refractivity contribution >= 4 is 15.9 Å². The number of piperidine rings is 1. The molecular weight excluding hydrogens is 392 g/mol. The fourth-order valence-electron chi connectivity index (χ4n) is 3.13. The molecule has 0 radical (unpaired) electrons. The second kappa shape index (κ2) is 9.04. The van der Waals surface area contributed by atoms with Gasteiger partial charge in [0.1, 0.15) is 0 Å². The van der Waals surface area contributed by atoms with Crippen LogP contribution in [0.4, 0.5) is 0 Å². The molecule has 158 valence electrons. The molecule has 0 bridgehead atoms. The minimum Gasteiger partial charge on any atom is -0.348 e. The van der Waals surface area contributed by atoms with Gasteiger partial charge < -0.3 is 9.84 Å². The van der Waals surface area contributed by atoms with Crippen LogP contribution >= 0.6 is 0 Å². The van der Waals surface area contributed by atoms with Crippen LogP contribution in [-0.2, 0) is 10.0 Å². The summed E-state index contributed by atoms with van der Waals surface area (Å²) >= 11 is 0. The maximum Gasteiger partial charge on any atom is 0.316 e. The van der Waals surface area contributed by atoms with Gasteiger partial charge in [0.15, 0.2) is 0 Å². The first-order chi connectivity index (χ1) is 13.8. The molecule has 0 unspecified atom stereocenters. The number of amides is 1. The van der Waals surface area contributed by atoms with Crippen molar-refractivity contribution in [1.29, 1.82) is 0 Å². The average Bonchev–Trinajstić information content (AvgIpc) is 3.18. The summed E-state index contributed by atoms with van der Waals surface area (Å²) in [7, 11) is -3.51. The lowest BCUT2D eigenvalue weighted by Crippen LogP contribution is -2.37. The van der Waals surface area contributed by atoms with Crippen molar-refractivity contribution in [2.45, 2.75) is 44.9 Å². The van der Waals surface area contributed by atoms with Crippen molar-refractivity contribution in [3.8, 4) is 11.4 Å². The molecule has 1 aromatic carbocycles. The lowest BCUT2D eigenvalue weighted by atomic mass is 10.0. The highest BCUT2D eigenvalue weighted by Crippen LogP contribution is 2.25. The summed E-state index contributed by atoms with van der Waals surface area (Å²) in [6.45, 7) is 7.93. The predicted octanol–water partition coefficient (Wildman–Crippen LogP) is 2.93. The molecular formula is C20H28N4O4S. The Labute approximate surface area is 171 Å². The van der Waals surface area contributed by atoms with Crippen LogP contribution in [-0.4, -0.2) is 48.4 Å². The standard InChI is InChI=1S/C20H28N4O4S/c1-14(2)8-11-21-19(25)20-22-18(23-28-20)16-4-6-17(7-5-16)29(26,27)24-12-9-15(3)10-13-24/h4-7,14-15H,8-13H2,1-3H3,(H,21,25). The minimum absolute atomic E-state index is 0.108. The smallest absolute Gasteiger partial charge is 0.316 e. The zero-order chi connectivity index (χ0) is 21.0. The van der Waals surface area contributed by atoms with Gasteiger partial charge in [-0.25, -0.2) is 8.42 Å². The van der Waals surface area contributed by atoms with Gasteiger partial charge in [0.2, 0.25) is 15.8 Å². The highest BCUT2D eigenvalue weighted by molar-refractivity contribution is 7.89. The van der Waals surface area contributed by atoms with Crippen LogP contribution in [0.2, 0.25) is 0 Å². The van der Waals surface area contributed by atoms with Crippen LogP contribution in [0.1, 0.15) is 50.7 Å². The molecule has 1 N–H and O–H groups in total. The number of benzene rings is 1. The van der Waals surface area contributed by atoms with Gasteiger partial charge in [0, 0.05) is 25.2 Å². The van der Waals surface area contributed by atoms with Crippen molar-refractivity contribution in [1.82, 2.24) is 19.8 Å². The molecule has 0 atom stereocenters. The van der Waals surface area contributed by atoms with Gasteiger partial charge in [-0.2, -0.15) is 9.29 Å². The Balaban J connectivity index is 1.67. The first kappa shape index (κ1) is 21.4. The second-order valence-corrected chi connectivity index (χ2v) is 9.91. The normalized spacial score (nSPS) is 16.3. The summed E-state index contributed by atoms with van der Waals surface area (Å²) < 4.78 is 32.2. The van der Waals surface area contributed by atoms with E-state index in [1.807, 2.05) is 0 Å². The molecule has 1 saturated heterocycles. The lowest BCUT2D eigenvalue weighted by molar-refractivity contribution is 0.0908. The second-order valence-electron chi connectivity index (χ2n) is 7.97. The van der Waals surface area contributed by atoms with Gasteiger partial charge in [0.25, 0.3) is 0 Å². The summed E-state index contributed by atoms with van der Waals surface area (Å²) in [5, 5.41) is 6.58. The molecule has 1 amide bonds. The van der Waals surface area contributed by atoms with E-state index >= 15 is 0 Å². The molecule has 1 fully saturated rings. The number of hydrogen-bond acceptors (Lipinski definition) is 6. The molecule has 0 aliphatic carbocycles. The largest absolute Gasteiger partial charge is 0.348 e. The Bertz CT molecular complexity index is 930. The van der Waals surface area contributed by atoms with Gasteiger partial charge in [-0.05, 0) is 55.4 Å². The Morgan fingerprint density at radius 2 is 1.90 bits per heavy atom. The van der Waals surface area contributed by atoms with Crippen LogP contribution in [0, 0.1) is 11.8 Å². The Kier molecular flexibility index (Phi) is 6.69. The summed E-state index contributed by atoms with van der Waals surface area (Å²) in [6.07, 6.45) is 2.61. The molecule has 1 aliphatic rings. The van der Waals surface area contributed by atoms with E-state index < -0.39 is 15.9 Å². The van der Waals surface area contributed by atoms with Gasteiger partial charge >= 0.3 is 11.8 Å². The van der Waals surface area contributed by atoms with Gasteiger partial charge in [-0.15, -0.1) is 0 Å². The topological polar surface area (TPSA) is 105 Å². The van der Waals surface area contributed by atoms with Gasteiger partial charge in [-0.3, -0.25) is 4.79 Å². The lowest BCUT2D eigenvalue weighted by Gasteiger charge is -2.29. The highest BCUT2D eigenvalue weighted by Gasteiger charge is 2.28. The third kappa shape index (κ3) is 5.22. The molecule has 9 heteroatoms. The Morgan fingerprint density at radius 1 is 1.24 bits per heavy atom. The fourth-order valence-corrected chi connectivity index (χ4v) is 4.60. The number of hydrogen-bond donors (Lipinski definition) is 1. The van der Waals surface area contributed by atoms with Crippen LogP contribution in [0.5, 0.6) is 0 Å². The highest BCUT2D eigenvalue weighted by atomic mass is 32.2. The Morgan fingerprint density at radius 3 is 2.52 bits per heavy atom. The van der Waals surface area contributed by atoms with E-state index in [2.05, 4.69) is 36.2 Å². The quantitative estimate of drug-likeness (QED) is 0.738. The molecule has 1 aromatic heterocycles. The zero-order valence-electron chi connectivity index (χ0n) is 17.1. The SMILES string of the molecule is CC(C)CCNC(=O)c1nc(-c2ccc(S(=O)(=O)N3CCC(C)CC3)cc2)no1. The van der Waals surface area contributed by atoms with Crippen molar-refractivity contribution in [3.63, 3.8) is 0 Å². The van der Waals surface area contributed by atoms with Gasteiger partial charge in [-0.1, -0.05) is 25.9 Å². The third-order valence-corrected chi connectivity index (χ3v) is 7.03. The molecule has 2 heterocycles. The maximum absolute atomic E-state index is 12.8. The summed E-state index contributed by atoms with van der Waals surface area (Å²) in [5.41, 5.74) is 0.584. The summed E-state index contributed by atoms with van der Waals surface area (Å²) in [5.74, 6) is 0.760. The number of rotatable bonds is 7. The number of nitrogens with zero attached hydrogens (tertiary/aromatic N) is 3. The predicted molar refractivity (Wildman–Crippen MR) is 109 cm³/mol. The average molecular weight is 421 g/mol. The molecule has 29 heavy (non-hydrogen) atoms. The molecule has 3 rings (SSSR count). The Hall–Kier alpha value is -2.26. The van der Waals surface area contributed by atoms with Crippen LogP contribution in [0.25, 0.3) is 11.4 Å². The van der Waals surface area contributed by atoms with Crippen molar-refractivity contribution < 1.29 is 17.7 Å².